The molecule has 0 bridgehead atoms. The Bertz CT molecular complexity index is 699. The number of aromatic amines is 2. The van der Waals surface area contributed by atoms with Gasteiger partial charge in [-0.25, -0.2) is 17.9 Å². The maximum Gasteiger partial charge on any atom is 0.323 e. The zero-order valence-corrected chi connectivity index (χ0v) is 10.3. The Kier molecular flexibility index (Phi) is 2.80. The second-order valence-electron chi connectivity index (χ2n) is 4.00. The number of hydrogen-bond donors (Lipinski definition) is 3. The molecule has 17 heavy (non-hydrogen) atoms. The quantitative estimate of drug-likeness (QED) is 0.743. The van der Waals surface area contributed by atoms with Crippen molar-refractivity contribution in [3.05, 3.63) is 34.2 Å². The Balaban J connectivity index is 2.39. The third-order valence-electron chi connectivity index (χ3n) is 2.43. The van der Waals surface area contributed by atoms with Crippen LogP contribution >= 0.6 is 0 Å². The summed E-state index contributed by atoms with van der Waals surface area (Å²) in [6.45, 7) is 1.74. The van der Waals surface area contributed by atoms with Gasteiger partial charge in [-0.3, -0.25) is 0 Å². The second kappa shape index (κ2) is 4.01. The van der Waals surface area contributed by atoms with Gasteiger partial charge in [0.25, 0.3) is 0 Å². The molecule has 0 amide bonds. The fourth-order valence-corrected chi connectivity index (χ4v) is 2.49. The number of H-pyrrole nitrogens is 2. The molecule has 1 heterocycles. The standard InChI is InChI=1S/C10H13N3O3S/c1-6(13-17(2,15)16)7-3-4-8-9(5-7)12-10(14)11-8/h3-6,13H,1-2H3,(H2,11,12,14). The van der Waals surface area contributed by atoms with E-state index in [0.717, 1.165) is 11.8 Å². The molecule has 2 rings (SSSR count). The number of sulfonamides is 1. The van der Waals surface area contributed by atoms with E-state index in [-0.39, 0.29) is 11.7 Å². The molecule has 2 aromatic rings. The topological polar surface area (TPSA) is 94.8 Å². The van der Waals surface area contributed by atoms with Crippen LogP contribution in [0.3, 0.4) is 0 Å². The highest BCUT2D eigenvalue weighted by molar-refractivity contribution is 7.88. The molecule has 0 aliphatic carbocycles. The summed E-state index contributed by atoms with van der Waals surface area (Å²) in [5, 5.41) is 0. The fourth-order valence-electron chi connectivity index (χ4n) is 1.71. The van der Waals surface area contributed by atoms with Gasteiger partial charge in [-0.05, 0) is 24.6 Å². The van der Waals surface area contributed by atoms with Gasteiger partial charge in [0.1, 0.15) is 0 Å². The van der Waals surface area contributed by atoms with Crippen LogP contribution in [0.5, 0.6) is 0 Å². The molecule has 0 aliphatic heterocycles. The third kappa shape index (κ3) is 2.75. The molecule has 1 unspecified atom stereocenters. The lowest BCUT2D eigenvalue weighted by atomic mass is 10.1. The van der Waals surface area contributed by atoms with Gasteiger partial charge in [-0.1, -0.05) is 6.07 Å². The van der Waals surface area contributed by atoms with E-state index in [1.165, 1.54) is 0 Å². The highest BCUT2D eigenvalue weighted by Gasteiger charge is 2.11. The van der Waals surface area contributed by atoms with Gasteiger partial charge < -0.3 is 9.97 Å². The lowest BCUT2D eigenvalue weighted by Gasteiger charge is -2.12. The highest BCUT2D eigenvalue weighted by Crippen LogP contribution is 2.17. The molecule has 7 heteroatoms. The highest BCUT2D eigenvalue weighted by atomic mass is 32.2. The zero-order chi connectivity index (χ0) is 12.6. The number of benzene rings is 1. The summed E-state index contributed by atoms with van der Waals surface area (Å²) in [6, 6.07) is 4.92. The summed E-state index contributed by atoms with van der Waals surface area (Å²) in [4.78, 5) is 16.3. The van der Waals surface area contributed by atoms with Crippen molar-refractivity contribution >= 4 is 21.1 Å². The molecule has 1 atom stereocenters. The van der Waals surface area contributed by atoms with Gasteiger partial charge in [0.05, 0.1) is 17.3 Å². The molecular weight excluding hydrogens is 242 g/mol. The lowest BCUT2D eigenvalue weighted by Crippen LogP contribution is -2.25. The molecule has 1 aromatic heterocycles. The lowest BCUT2D eigenvalue weighted by molar-refractivity contribution is 0.573. The van der Waals surface area contributed by atoms with Crippen LogP contribution in [0.25, 0.3) is 11.0 Å². The van der Waals surface area contributed by atoms with Crippen molar-refractivity contribution in [2.75, 3.05) is 6.26 Å². The van der Waals surface area contributed by atoms with Crippen LogP contribution < -0.4 is 10.4 Å². The Labute approximate surface area is 98.1 Å². The van der Waals surface area contributed by atoms with Crippen LogP contribution in [0.4, 0.5) is 0 Å². The van der Waals surface area contributed by atoms with Crippen LogP contribution in [-0.4, -0.2) is 24.6 Å². The van der Waals surface area contributed by atoms with Crippen molar-refractivity contribution < 1.29 is 8.42 Å². The van der Waals surface area contributed by atoms with E-state index in [2.05, 4.69) is 14.7 Å². The Hall–Kier alpha value is -1.60. The molecule has 3 N–H and O–H groups in total. The summed E-state index contributed by atoms with van der Waals surface area (Å²) in [5.41, 5.74) is 1.87. The summed E-state index contributed by atoms with van der Waals surface area (Å²) in [7, 11) is -3.25. The third-order valence-corrected chi connectivity index (χ3v) is 3.21. The minimum Gasteiger partial charge on any atom is -0.306 e. The number of imidazole rings is 1. The van der Waals surface area contributed by atoms with Crippen LogP contribution in [0.1, 0.15) is 18.5 Å². The fraction of sp³-hybridized carbons (Fsp3) is 0.300. The van der Waals surface area contributed by atoms with E-state index in [4.69, 9.17) is 0 Å². The van der Waals surface area contributed by atoms with E-state index in [1.807, 2.05) is 0 Å². The largest absolute Gasteiger partial charge is 0.323 e. The predicted octanol–water partition coefficient (Wildman–Crippen LogP) is 0.466. The number of nitrogens with one attached hydrogen (secondary N) is 3. The van der Waals surface area contributed by atoms with Gasteiger partial charge in [-0.15, -0.1) is 0 Å². The van der Waals surface area contributed by atoms with Gasteiger partial charge in [0.2, 0.25) is 10.0 Å². The number of aromatic nitrogens is 2. The molecule has 0 radical (unpaired) electrons. The van der Waals surface area contributed by atoms with E-state index in [9.17, 15) is 13.2 Å². The molecule has 1 aromatic carbocycles. The van der Waals surface area contributed by atoms with Crippen LogP contribution in [-0.2, 0) is 10.0 Å². The predicted molar refractivity (Wildman–Crippen MR) is 65.3 cm³/mol. The van der Waals surface area contributed by atoms with Crippen molar-refractivity contribution in [3.63, 3.8) is 0 Å². The molecular formula is C10H13N3O3S. The molecule has 0 fully saturated rings. The van der Waals surface area contributed by atoms with Gasteiger partial charge in [0, 0.05) is 6.04 Å². The minimum atomic E-state index is -3.25. The summed E-state index contributed by atoms with van der Waals surface area (Å²) >= 11 is 0. The molecule has 0 aliphatic rings. The molecule has 0 spiro atoms. The summed E-state index contributed by atoms with van der Waals surface area (Å²) < 4.78 is 24.7. The first-order chi connectivity index (χ1) is 7.85. The second-order valence-corrected chi connectivity index (χ2v) is 5.78. The average Bonchev–Trinajstić information content (AvgIpc) is 2.53. The first-order valence-corrected chi connectivity index (χ1v) is 6.93. The number of hydrogen-bond acceptors (Lipinski definition) is 3. The van der Waals surface area contributed by atoms with E-state index < -0.39 is 10.0 Å². The van der Waals surface area contributed by atoms with Gasteiger partial charge >= 0.3 is 5.69 Å². The normalized spacial score (nSPS) is 14.0. The summed E-state index contributed by atoms with van der Waals surface area (Å²) in [5.74, 6) is 0. The maximum absolute atomic E-state index is 11.1. The van der Waals surface area contributed by atoms with Crippen molar-refractivity contribution in [1.82, 2.24) is 14.7 Å². The molecule has 92 valence electrons. The van der Waals surface area contributed by atoms with Crippen molar-refractivity contribution in [2.24, 2.45) is 0 Å². The van der Waals surface area contributed by atoms with Crippen molar-refractivity contribution in [1.29, 1.82) is 0 Å². The molecule has 0 saturated heterocycles. The number of fused-ring (bicyclic) bond motifs is 1. The van der Waals surface area contributed by atoms with Crippen molar-refractivity contribution in [3.8, 4) is 0 Å². The van der Waals surface area contributed by atoms with E-state index in [0.29, 0.717) is 11.0 Å². The monoisotopic (exact) mass is 255 g/mol. The van der Waals surface area contributed by atoms with Crippen LogP contribution in [0.2, 0.25) is 0 Å². The minimum absolute atomic E-state index is 0.277. The Morgan fingerprint density at radius 3 is 2.53 bits per heavy atom. The molecule has 0 saturated carbocycles. The van der Waals surface area contributed by atoms with E-state index >= 15 is 0 Å². The number of rotatable bonds is 3. The maximum atomic E-state index is 11.1. The van der Waals surface area contributed by atoms with E-state index in [1.54, 1.807) is 25.1 Å². The first-order valence-electron chi connectivity index (χ1n) is 5.04. The first kappa shape index (κ1) is 11.9. The average molecular weight is 255 g/mol. The van der Waals surface area contributed by atoms with Crippen LogP contribution in [0, 0.1) is 0 Å². The Morgan fingerprint density at radius 2 is 1.88 bits per heavy atom. The molecule has 6 nitrogen and oxygen atoms in total. The zero-order valence-electron chi connectivity index (χ0n) is 9.44. The van der Waals surface area contributed by atoms with Crippen molar-refractivity contribution in [2.45, 2.75) is 13.0 Å². The van der Waals surface area contributed by atoms with Gasteiger partial charge in [-0.2, -0.15) is 0 Å². The Morgan fingerprint density at radius 1 is 1.24 bits per heavy atom. The summed E-state index contributed by atoms with van der Waals surface area (Å²) in [6.07, 6.45) is 1.11. The van der Waals surface area contributed by atoms with Crippen LogP contribution in [0.15, 0.2) is 23.0 Å². The SMILES string of the molecule is CC(NS(C)(=O)=O)c1ccc2[nH]c(=O)[nH]c2c1. The smallest absolute Gasteiger partial charge is 0.306 e. The van der Waals surface area contributed by atoms with Gasteiger partial charge in [0.15, 0.2) is 0 Å².